The lowest BCUT2D eigenvalue weighted by Gasteiger charge is -2.28. The maximum atomic E-state index is 12.8. The number of nitrogens with one attached hydrogen (secondary N) is 1. The van der Waals surface area contributed by atoms with Crippen LogP contribution in [0, 0.1) is 11.2 Å². The monoisotopic (exact) mass is 210 g/mol. The lowest BCUT2D eigenvalue weighted by Crippen LogP contribution is -2.37. The Bertz CT molecular complexity index is 318. The molecule has 1 aromatic heterocycles. The van der Waals surface area contributed by atoms with Crippen LogP contribution in [-0.2, 0) is 6.54 Å². The van der Waals surface area contributed by atoms with Gasteiger partial charge in [-0.3, -0.25) is 4.98 Å². The standard InChI is InChI=1S/C12H19FN2/c1-9(12(2,3)4)15-7-10-5-11(13)8-14-6-10/h5-6,8-9,15H,7H2,1-4H3. The molecule has 0 fully saturated rings. The van der Waals surface area contributed by atoms with Crippen molar-refractivity contribution in [3.05, 3.63) is 29.8 Å². The van der Waals surface area contributed by atoms with Gasteiger partial charge in [-0.25, -0.2) is 4.39 Å². The summed E-state index contributed by atoms with van der Waals surface area (Å²) in [6, 6.07) is 1.89. The van der Waals surface area contributed by atoms with Crippen LogP contribution in [0.1, 0.15) is 33.3 Å². The molecular weight excluding hydrogens is 191 g/mol. The van der Waals surface area contributed by atoms with Crippen LogP contribution in [0.25, 0.3) is 0 Å². The fourth-order valence-corrected chi connectivity index (χ4v) is 1.13. The molecule has 1 atom stereocenters. The van der Waals surface area contributed by atoms with Crippen LogP contribution in [0.3, 0.4) is 0 Å². The molecule has 84 valence electrons. The van der Waals surface area contributed by atoms with Crippen LogP contribution in [0.5, 0.6) is 0 Å². The predicted molar refractivity (Wildman–Crippen MR) is 60.0 cm³/mol. The Morgan fingerprint density at radius 2 is 2.07 bits per heavy atom. The van der Waals surface area contributed by atoms with Crippen LogP contribution in [0.15, 0.2) is 18.5 Å². The van der Waals surface area contributed by atoms with Gasteiger partial charge in [0.25, 0.3) is 0 Å². The quantitative estimate of drug-likeness (QED) is 0.829. The summed E-state index contributed by atoms with van der Waals surface area (Å²) in [5, 5.41) is 3.36. The molecule has 0 spiro atoms. The molecule has 0 bridgehead atoms. The average molecular weight is 210 g/mol. The third kappa shape index (κ3) is 3.96. The lowest BCUT2D eigenvalue weighted by atomic mass is 9.88. The highest BCUT2D eigenvalue weighted by molar-refractivity contribution is 5.09. The average Bonchev–Trinajstić information content (AvgIpc) is 2.12. The highest BCUT2D eigenvalue weighted by atomic mass is 19.1. The second-order valence-corrected chi connectivity index (χ2v) is 4.98. The summed E-state index contributed by atoms with van der Waals surface area (Å²) in [7, 11) is 0. The molecule has 1 heterocycles. The zero-order chi connectivity index (χ0) is 11.5. The van der Waals surface area contributed by atoms with E-state index in [2.05, 4.69) is 38.0 Å². The molecule has 2 nitrogen and oxygen atoms in total. The summed E-state index contributed by atoms with van der Waals surface area (Å²) >= 11 is 0. The normalized spacial score (nSPS) is 13.9. The minimum absolute atomic E-state index is 0.209. The SMILES string of the molecule is CC(NCc1cncc(F)c1)C(C)(C)C. The summed E-state index contributed by atoms with van der Waals surface area (Å²) in [5.41, 5.74) is 1.09. The first-order chi connectivity index (χ1) is 6.89. The molecule has 1 N–H and O–H groups in total. The molecule has 0 saturated heterocycles. The molecule has 0 aliphatic rings. The van der Waals surface area contributed by atoms with Gasteiger partial charge in [-0.15, -0.1) is 0 Å². The fraction of sp³-hybridized carbons (Fsp3) is 0.583. The van der Waals surface area contributed by atoms with Gasteiger partial charge >= 0.3 is 0 Å². The maximum Gasteiger partial charge on any atom is 0.141 e. The van der Waals surface area contributed by atoms with Crippen molar-refractivity contribution in [1.29, 1.82) is 0 Å². The first kappa shape index (κ1) is 12.1. The first-order valence-corrected chi connectivity index (χ1v) is 5.22. The van der Waals surface area contributed by atoms with Crippen LogP contribution in [0.4, 0.5) is 4.39 Å². The van der Waals surface area contributed by atoms with E-state index in [4.69, 9.17) is 0 Å². The molecule has 0 aliphatic heterocycles. The predicted octanol–water partition coefficient (Wildman–Crippen LogP) is 2.74. The third-order valence-electron chi connectivity index (χ3n) is 2.67. The molecular formula is C12H19FN2. The Balaban J connectivity index is 2.51. The van der Waals surface area contributed by atoms with Crippen molar-refractivity contribution in [2.45, 2.75) is 40.3 Å². The fourth-order valence-electron chi connectivity index (χ4n) is 1.13. The van der Waals surface area contributed by atoms with E-state index >= 15 is 0 Å². The number of aromatic nitrogens is 1. The van der Waals surface area contributed by atoms with Crippen LogP contribution >= 0.6 is 0 Å². The Labute approximate surface area is 90.9 Å². The molecule has 15 heavy (non-hydrogen) atoms. The molecule has 3 heteroatoms. The summed E-state index contributed by atoms with van der Waals surface area (Å²) in [6.07, 6.45) is 2.90. The van der Waals surface area contributed by atoms with Crippen LogP contribution in [-0.4, -0.2) is 11.0 Å². The van der Waals surface area contributed by atoms with Gasteiger partial charge < -0.3 is 5.32 Å². The van der Waals surface area contributed by atoms with E-state index in [0.29, 0.717) is 12.6 Å². The second kappa shape index (κ2) is 4.71. The third-order valence-corrected chi connectivity index (χ3v) is 2.67. The first-order valence-electron chi connectivity index (χ1n) is 5.22. The summed E-state index contributed by atoms with van der Waals surface area (Å²) in [6.45, 7) is 9.31. The molecule has 0 aliphatic carbocycles. The van der Waals surface area contributed by atoms with E-state index in [-0.39, 0.29) is 11.2 Å². The van der Waals surface area contributed by atoms with Gasteiger partial charge in [0.2, 0.25) is 0 Å². The molecule has 1 aromatic rings. The van der Waals surface area contributed by atoms with Crippen molar-refractivity contribution in [1.82, 2.24) is 10.3 Å². The van der Waals surface area contributed by atoms with Gasteiger partial charge in [-0.2, -0.15) is 0 Å². The van der Waals surface area contributed by atoms with Gasteiger partial charge in [-0.1, -0.05) is 20.8 Å². The van der Waals surface area contributed by atoms with Crippen molar-refractivity contribution in [3.63, 3.8) is 0 Å². The van der Waals surface area contributed by atoms with E-state index in [9.17, 15) is 4.39 Å². The van der Waals surface area contributed by atoms with Gasteiger partial charge in [0.15, 0.2) is 0 Å². The smallest absolute Gasteiger partial charge is 0.141 e. The highest BCUT2D eigenvalue weighted by Crippen LogP contribution is 2.18. The number of rotatable bonds is 3. The molecule has 0 saturated carbocycles. The van der Waals surface area contributed by atoms with Gasteiger partial charge in [0.05, 0.1) is 6.20 Å². The Kier molecular flexibility index (Phi) is 3.80. The zero-order valence-corrected chi connectivity index (χ0v) is 9.84. The van der Waals surface area contributed by atoms with Gasteiger partial charge in [0.1, 0.15) is 5.82 Å². The topological polar surface area (TPSA) is 24.9 Å². The minimum atomic E-state index is -0.280. The van der Waals surface area contributed by atoms with E-state index < -0.39 is 0 Å². The number of halogens is 1. The highest BCUT2D eigenvalue weighted by Gasteiger charge is 2.18. The summed E-state index contributed by atoms with van der Waals surface area (Å²) in [5.74, 6) is -0.280. The molecule has 0 amide bonds. The van der Waals surface area contributed by atoms with Crippen molar-refractivity contribution in [2.75, 3.05) is 0 Å². The van der Waals surface area contributed by atoms with E-state index in [1.807, 2.05) is 0 Å². The maximum absolute atomic E-state index is 12.8. The lowest BCUT2D eigenvalue weighted by molar-refractivity contribution is 0.285. The van der Waals surface area contributed by atoms with Crippen molar-refractivity contribution >= 4 is 0 Å². The van der Waals surface area contributed by atoms with Crippen LogP contribution < -0.4 is 5.32 Å². The molecule has 1 unspecified atom stereocenters. The summed E-state index contributed by atoms with van der Waals surface area (Å²) in [4.78, 5) is 3.81. The Hall–Kier alpha value is -0.960. The minimum Gasteiger partial charge on any atom is -0.310 e. The number of hydrogen-bond acceptors (Lipinski definition) is 2. The van der Waals surface area contributed by atoms with Gasteiger partial charge in [0, 0.05) is 18.8 Å². The van der Waals surface area contributed by atoms with Crippen molar-refractivity contribution in [3.8, 4) is 0 Å². The van der Waals surface area contributed by atoms with Crippen LogP contribution in [0.2, 0.25) is 0 Å². The Morgan fingerprint density at radius 1 is 1.40 bits per heavy atom. The Morgan fingerprint density at radius 3 is 2.60 bits per heavy atom. The number of hydrogen-bond donors (Lipinski definition) is 1. The van der Waals surface area contributed by atoms with Crippen molar-refractivity contribution in [2.24, 2.45) is 5.41 Å². The number of pyridine rings is 1. The second-order valence-electron chi connectivity index (χ2n) is 4.98. The molecule has 0 radical (unpaired) electrons. The largest absolute Gasteiger partial charge is 0.310 e. The van der Waals surface area contributed by atoms with Crippen molar-refractivity contribution < 1.29 is 4.39 Å². The van der Waals surface area contributed by atoms with Gasteiger partial charge in [-0.05, 0) is 24.0 Å². The molecule has 1 rings (SSSR count). The summed E-state index contributed by atoms with van der Waals surface area (Å²) < 4.78 is 12.8. The number of nitrogens with zero attached hydrogens (tertiary/aromatic N) is 1. The molecule has 0 aromatic carbocycles. The van der Waals surface area contributed by atoms with E-state index in [0.717, 1.165) is 5.56 Å². The van der Waals surface area contributed by atoms with E-state index in [1.165, 1.54) is 12.3 Å². The van der Waals surface area contributed by atoms with E-state index in [1.54, 1.807) is 6.20 Å². The zero-order valence-electron chi connectivity index (χ0n) is 9.84.